The van der Waals surface area contributed by atoms with Crippen molar-refractivity contribution in [3.05, 3.63) is 22.8 Å². The van der Waals surface area contributed by atoms with E-state index in [-0.39, 0.29) is 11.2 Å². The second-order valence-electron chi connectivity index (χ2n) is 5.09. The Labute approximate surface area is 115 Å². The van der Waals surface area contributed by atoms with Crippen LogP contribution >= 0.6 is 11.6 Å². The van der Waals surface area contributed by atoms with E-state index in [0.717, 1.165) is 31.5 Å². The van der Waals surface area contributed by atoms with E-state index in [1.54, 1.807) is 0 Å². The molecule has 2 atom stereocenters. The summed E-state index contributed by atoms with van der Waals surface area (Å²) >= 11 is 5.72. The van der Waals surface area contributed by atoms with E-state index in [4.69, 9.17) is 11.6 Å². The van der Waals surface area contributed by atoms with Crippen molar-refractivity contribution in [2.24, 2.45) is 5.92 Å². The zero-order valence-electron chi connectivity index (χ0n) is 10.8. The summed E-state index contributed by atoms with van der Waals surface area (Å²) in [5.74, 6) is 0.753. The van der Waals surface area contributed by atoms with Crippen molar-refractivity contribution in [2.45, 2.75) is 38.9 Å². The molecule has 0 aliphatic carbocycles. The molecule has 1 aromatic rings. The van der Waals surface area contributed by atoms with Crippen LogP contribution in [0.5, 0.6) is 0 Å². The van der Waals surface area contributed by atoms with Crippen molar-refractivity contribution in [1.29, 1.82) is 0 Å². The van der Waals surface area contributed by atoms with Crippen molar-refractivity contribution in [2.75, 3.05) is 11.4 Å². The third-order valence-electron chi connectivity index (χ3n) is 3.78. The fourth-order valence-electron chi connectivity index (χ4n) is 2.45. The fourth-order valence-corrected chi connectivity index (χ4v) is 2.66. The van der Waals surface area contributed by atoms with Gasteiger partial charge >= 0.3 is 6.18 Å². The van der Waals surface area contributed by atoms with Gasteiger partial charge in [0.25, 0.3) is 0 Å². The number of anilines is 1. The second-order valence-corrected chi connectivity index (χ2v) is 5.48. The highest BCUT2D eigenvalue weighted by molar-refractivity contribution is 6.29. The van der Waals surface area contributed by atoms with Gasteiger partial charge in [-0.2, -0.15) is 13.2 Å². The largest absolute Gasteiger partial charge is 0.416 e. The van der Waals surface area contributed by atoms with Crippen LogP contribution in [0.2, 0.25) is 5.15 Å². The van der Waals surface area contributed by atoms with Crippen LogP contribution in [0.1, 0.15) is 32.3 Å². The smallest absolute Gasteiger partial charge is 0.354 e. The Hall–Kier alpha value is -0.970. The number of nitrogens with zero attached hydrogens (tertiary/aromatic N) is 2. The first-order chi connectivity index (χ1) is 8.79. The number of aromatic nitrogens is 1. The summed E-state index contributed by atoms with van der Waals surface area (Å²) in [5, 5.41) is -0.116. The van der Waals surface area contributed by atoms with Crippen LogP contribution in [0.15, 0.2) is 12.1 Å². The summed E-state index contributed by atoms with van der Waals surface area (Å²) in [6.07, 6.45) is -2.35. The number of halogens is 4. The van der Waals surface area contributed by atoms with E-state index in [1.165, 1.54) is 0 Å². The Morgan fingerprint density at radius 2 is 2.00 bits per heavy atom. The first kappa shape index (κ1) is 14.4. The standard InChI is InChI=1S/C13H16ClF3N2/c1-8-4-3-5-19(9(8)2)12-7-10(13(15,16)17)6-11(14)18-12/h6-9H,3-5H2,1-2H3. The minimum atomic E-state index is -4.40. The van der Waals surface area contributed by atoms with Crippen molar-refractivity contribution >= 4 is 17.4 Å². The monoisotopic (exact) mass is 292 g/mol. The molecule has 2 nitrogen and oxygen atoms in total. The second kappa shape index (κ2) is 5.19. The Morgan fingerprint density at radius 3 is 2.63 bits per heavy atom. The summed E-state index contributed by atoms with van der Waals surface area (Å²) in [4.78, 5) is 5.96. The molecule has 6 heteroatoms. The van der Waals surface area contributed by atoms with Crippen LogP contribution in [0.3, 0.4) is 0 Å². The molecule has 0 aromatic carbocycles. The molecule has 0 bridgehead atoms. The molecule has 1 aliphatic heterocycles. The lowest BCUT2D eigenvalue weighted by Gasteiger charge is -2.39. The van der Waals surface area contributed by atoms with Gasteiger partial charge in [-0.1, -0.05) is 18.5 Å². The first-order valence-electron chi connectivity index (χ1n) is 6.30. The van der Waals surface area contributed by atoms with E-state index in [0.29, 0.717) is 11.7 Å². The zero-order valence-corrected chi connectivity index (χ0v) is 11.6. The van der Waals surface area contributed by atoms with E-state index in [1.807, 2.05) is 11.8 Å². The molecule has 2 unspecified atom stereocenters. The SMILES string of the molecule is CC1CCCN(c2cc(C(F)(F)F)cc(Cl)n2)C1C. The number of hydrogen-bond donors (Lipinski definition) is 0. The van der Waals surface area contributed by atoms with Gasteiger partial charge in [0.1, 0.15) is 11.0 Å². The summed E-state index contributed by atoms with van der Waals surface area (Å²) in [6.45, 7) is 4.84. The fraction of sp³-hybridized carbons (Fsp3) is 0.615. The quantitative estimate of drug-likeness (QED) is 0.714. The Bertz CT molecular complexity index is 462. The van der Waals surface area contributed by atoms with E-state index in [2.05, 4.69) is 11.9 Å². The normalized spacial score (nSPS) is 24.6. The first-order valence-corrected chi connectivity index (χ1v) is 6.68. The maximum absolute atomic E-state index is 12.8. The molecule has 2 heterocycles. The Balaban J connectivity index is 2.36. The molecule has 1 fully saturated rings. The predicted molar refractivity (Wildman–Crippen MR) is 69.5 cm³/mol. The average molecular weight is 293 g/mol. The van der Waals surface area contributed by atoms with Crippen LogP contribution in [0.4, 0.5) is 19.0 Å². The van der Waals surface area contributed by atoms with Gasteiger partial charge in [-0.3, -0.25) is 0 Å². The molecule has 0 N–H and O–H groups in total. The number of piperidine rings is 1. The number of pyridine rings is 1. The van der Waals surface area contributed by atoms with Crippen molar-refractivity contribution in [1.82, 2.24) is 4.98 Å². The van der Waals surface area contributed by atoms with Crippen molar-refractivity contribution < 1.29 is 13.2 Å². The van der Waals surface area contributed by atoms with Crippen LogP contribution in [-0.2, 0) is 6.18 Å². The maximum atomic E-state index is 12.8. The van der Waals surface area contributed by atoms with Crippen molar-refractivity contribution in [3.63, 3.8) is 0 Å². The minimum Gasteiger partial charge on any atom is -0.354 e. The highest BCUT2D eigenvalue weighted by Gasteiger charge is 2.33. The number of rotatable bonds is 1. The van der Waals surface area contributed by atoms with Gasteiger partial charge in [0.15, 0.2) is 0 Å². The molecule has 106 valence electrons. The molecular formula is C13H16ClF3N2. The molecule has 2 rings (SSSR count). The summed E-state index contributed by atoms with van der Waals surface area (Å²) in [6, 6.07) is 2.12. The van der Waals surface area contributed by atoms with Crippen LogP contribution in [0, 0.1) is 5.92 Å². The molecule has 0 amide bonds. The topological polar surface area (TPSA) is 16.1 Å². The van der Waals surface area contributed by atoms with E-state index >= 15 is 0 Å². The van der Waals surface area contributed by atoms with Crippen LogP contribution in [0.25, 0.3) is 0 Å². The average Bonchev–Trinajstić information content (AvgIpc) is 2.31. The van der Waals surface area contributed by atoms with Gasteiger partial charge in [-0.25, -0.2) is 4.98 Å². The summed E-state index contributed by atoms with van der Waals surface area (Å²) in [5.41, 5.74) is -0.743. The highest BCUT2D eigenvalue weighted by Crippen LogP contribution is 2.35. The molecule has 1 saturated heterocycles. The van der Waals surface area contributed by atoms with Crippen LogP contribution in [-0.4, -0.2) is 17.6 Å². The van der Waals surface area contributed by atoms with Gasteiger partial charge in [0.2, 0.25) is 0 Å². The molecule has 1 aromatic heterocycles. The lowest BCUT2D eigenvalue weighted by molar-refractivity contribution is -0.137. The highest BCUT2D eigenvalue weighted by atomic mass is 35.5. The summed E-state index contributed by atoms with van der Waals surface area (Å²) < 4.78 is 38.4. The molecule has 1 aliphatic rings. The van der Waals surface area contributed by atoms with Crippen molar-refractivity contribution in [3.8, 4) is 0 Å². The Kier molecular flexibility index (Phi) is 3.95. The van der Waals surface area contributed by atoms with Gasteiger partial charge in [-0.15, -0.1) is 0 Å². The maximum Gasteiger partial charge on any atom is 0.416 e. The number of hydrogen-bond acceptors (Lipinski definition) is 2. The molecular weight excluding hydrogens is 277 g/mol. The minimum absolute atomic E-state index is 0.116. The third kappa shape index (κ3) is 3.14. The predicted octanol–water partition coefficient (Wildman–Crippen LogP) is 4.38. The summed E-state index contributed by atoms with van der Waals surface area (Å²) in [7, 11) is 0. The number of alkyl halides is 3. The van der Waals surface area contributed by atoms with Gasteiger partial charge < -0.3 is 4.90 Å². The van der Waals surface area contributed by atoms with E-state index in [9.17, 15) is 13.2 Å². The molecule has 0 saturated carbocycles. The lowest BCUT2D eigenvalue weighted by atomic mass is 9.92. The van der Waals surface area contributed by atoms with E-state index < -0.39 is 11.7 Å². The lowest BCUT2D eigenvalue weighted by Crippen LogP contribution is -2.43. The third-order valence-corrected chi connectivity index (χ3v) is 3.97. The molecule has 0 spiro atoms. The van der Waals surface area contributed by atoms with Gasteiger partial charge in [0, 0.05) is 12.6 Å². The zero-order chi connectivity index (χ0) is 14.2. The van der Waals surface area contributed by atoms with Gasteiger partial charge in [0.05, 0.1) is 5.56 Å². The van der Waals surface area contributed by atoms with Crippen LogP contribution < -0.4 is 4.90 Å². The Morgan fingerprint density at radius 1 is 1.32 bits per heavy atom. The molecule has 19 heavy (non-hydrogen) atoms. The van der Waals surface area contributed by atoms with Gasteiger partial charge in [-0.05, 0) is 37.8 Å². The molecule has 0 radical (unpaired) electrons.